The van der Waals surface area contributed by atoms with Crippen LogP contribution in [-0.2, 0) is 25.8 Å². The summed E-state index contributed by atoms with van der Waals surface area (Å²) in [5, 5.41) is 3.43. The molecule has 1 fully saturated rings. The first-order valence-electron chi connectivity index (χ1n) is 6.95. The molecule has 1 aromatic rings. The van der Waals surface area contributed by atoms with Crippen molar-refractivity contribution in [2.24, 2.45) is 5.92 Å². The molecule has 0 amide bonds. The average molecular weight is 231 g/mol. The van der Waals surface area contributed by atoms with E-state index in [0.717, 1.165) is 44.1 Å². The van der Waals surface area contributed by atoms with Gasteiger partial charge in [0.1, 0.15) is 5.82 Å². The van der Waals surface area contributed by atoms with Crippen LogP contribution in [0.15, 0.2) is 0 Å². The molecule has 1 saturated carbocycles. The zero-order chi connectivity index (χ0) is 11.7. The molecule has 92 valence electrons. The van der Waals surface area contributed by atoms with Crippen molar-refractivity contribution in [3.05, 3.63) is 22.8 Å². The Kier molecular flexibility index (Phi) is 3.10. The SMILES string of the molecule is CCCc1nc(CC2CC2)nc2c1CNCC2. The predicted octanol–water partition coefficient (Wildman–Crippen LogP) is 2.03. The number of rotatable bonds is 4. The van der Waals surface area contributed by atoms with E-state index in [9.17, 15) is 0 Å². The largest absolute Gasteiger partial charge is 0.312 e. The highest BCUT2D eigenvalue weighted by atomic mass is 14.9. The molecule has 1 aliphatic heterocycles. The van der Waals surface area contributed by atoms with Crippen LogP contribution in [0, 0.1) is 5.92 Å². The number of fused-ring (bicyclic) bond motifs is 1. The van der Waals surface area contributed by atoms with Gasteiger partial charge in [-0.05, 0) is 25.2 Å². The second-order valence-electron chi connectivity index (χ2n) is 5.34. The first-order valence-corrected chi connectivity index (χ1v) is 6.95. The molecule has 0 atom stereocenters. The predicted molar refractivity (Wildman–Crippen MR) is 67.9 cm³/mol. The van der Waals surface area contributed by atoms with Crippen molar-refractivity contribution in [2.75, 3.05) is 6.54 Å². The number of nitrogens with one attached hydrogen (secondary N) is 1. The van der Waals surface area contributed by atoms with E-state index >= 15 is 0 Å². The summed E-state index contributed by atoms with van der Waals surface area (Å²) in [5.41, 5.74) is 4.01. The molecule has 3 heteroatoms. The summed E-state index contributed by atoms with van der Waals surface area (Å²) in [6.45, 7) is 4.26. The molecule has 0 aromatic carbocycles. The molecule has 0 spiro atoms. The van der Waals surface area contributed by atoms with Gasteiger partial charge in [-0.15, -0.1) is 0 Å². The van der Waals surface area contributed by atoms with Crippen LogP contribution in [-0.4, -0.2) is 16.5 Å². The summed E-state index contributed by atoms with van der Waals surface area (Å²) < 4.78 is 0. The van der Waals surface area contributed by atoms with E-state index < -0.39 is 0 Å². The van der Waals surface area contributed by atoms with Crippen LogP contribution < -0.4 is 5.32 Å². The van der Waals surface area contributed by atoms with E-state index in [1.54, 1.807) is 0 Å². The maximum atomic E-state index is 4.80. The van der Waals surface area contributed by atoms with E-state index in [1.807, 2.05) is 0 Å². The van der Waals surface area contributed by atoms with Crippen molar-refractivity contribution in [3.8, 4) is 0 Å². The Labute approximate surface area is 103 Å². The zero-order valence-corrected chi connectivity index (χ0v) is 10.6. The fraction of sp³-hybridized carbons (Fsp3) is 0.714. The first-order chi connectivity index (χ1) is 8.36. The Morgan fingerprint density at radius 2 is 2.18 bits per heavy atom. The van der Waals surface area contributed by atoms with Crippen molar-refractivity contribution in [2.45, 2.75) is 52.0 Å². The van der Waals surface area contributed by atoms with Gasteiger partial charge in [0, 0.05) is 37.2 Å². The van der Waals surface area contributed by atoms with Gasteiger partial charge in [0.05, 0.1) is 5.69 Å². The third-order valence-corrected chi connectivity index (χ3v) is 3.72. The second-order valence-corrected chi connectivity index (χ2v) is 5.34. The Bertz CT molecular complexity index is 410. The Morgan fingerprint density at radius 1 is 1.29 bits per heavy atom. The summed E-state index contributed by atoms with van der Waals surface area (Å²) in [6.07, 6.45) is 7.22. The van der Waals surface area contributed by atoms with Crippen molar-refractivity contribution in [3.63, 3.8) is 0 Å². The minimum absolute atomic E-state index is 0.879. The van der Waals surface area contributed by atoms with E-state index in [4.69, 9.17) is 9.97 Å². The van der Waals surface area contributed by atoms with Crippen LogP contribution in [0.1, 0.15) is 49.0 Å². The molecule has 1 N–H and O–H groups in total. The van der Waals surface area contributed by atoms with Gasteiger partial charge in [0.15, 0.2) is 0 Å². The molecule has 2 aliphatic rings. The van der Waals surface area contributed by atoms with Gasteiger partial charge in [0.2, 0.25) is 0 Å². The second kappa shape index (κ2) is 4.73. The molecule has 0 unspecified atom stereocenters. The van der Waals surface area contributed by atoms with E-state index in [2.05, 4.69) is 12.2 Å². The number of aryl methyl sites for hydroxylation is 1. The summed E-state index contributed by atoms with van der Waals surface area (Å²) in [7, 11) is 0. The van der Waals surface area contributed by atoms with Crippen molar-refractivity contribution in [1.82, 2.24) is 15.3 Å². The topological polar surface area (TPSA) is 37.8 Å². The fourth-order valence-electron chi connectivity index (χ4n) is 2.58. The maximum absolute atomic E-state index is 4.80. The van der Waals surface area contributed by atoms with Gasteiger partial charge in [-0.3, -0.25) is 0 Å². The van der Waals surface area contributed by atoms with Gasteiger partial charge >= 0.3 is 0 Å². The molecule has 3 rings (SSSR count). The van der Waals surface area contributed by atoms with Crippen molar-refractivity contribution in [1.29, 1.82) is 0 Å². The van der Waals surface area contributed by atoms with Crippen LogP contribution in [0.5, 0.6) is 0 Å². The maximum Gasteiger partial charge on any atom is 0.129 e. The van der Waals surface area contributed by atoms with Crippen molar-refractivity contribution >= 4 is 0 Å². The highest BCUT2D eigenvalue weighted by Crippen LogP contribution is 2.32. The number of hydrogen-bond donors (Lipinski definition) is 1. The van der Waals surface area contributed by atoms with Gasteiger partial charge in [-0.25, -0.2) is 9.97 Å². The Hall–Kier alpha value is -0.960. The van der Waals surface area contributed by atoms with E-state index in [1.165, 1.54) is 36.2 Å². The van der Waals surface area contributed by atoms with Crippen LogP contribution in [0.4, 0.5) is 0 Å². The monoisotopic (exact) mass is 231 g/mol. The van der Waals surface area contributed by atoms with Gasteiger partial charge < -0.3 is 5.32 Å². The Balaban J connectivity index is 1.91. The van der Waals surface area contributed by atoms with Gasteiger partial charge in [-0.2, -0.15) is 0 Å². The molecule has 2 heterocycles. The number of nitrogens with zero attached hydrogens (tertiary/aromatic N) is 2. The third-order valence-electron chi connectivity index (χ3n) is 3.72. The van der Waals surface area contributed by atoms with E-state index in [-0.39, 0.29) is 0 Å². The molecule has 17 heavy (non-hydrogen) atoms. The summed E-state index contributed by atoms with van der Waals surface area (Å²) >= 11 is 0. The molecule has 0 saturated heterocycles. The highest BCUT2D eigenvalue weighted by Gasteiger charge is 2.24. The summed E-state index contributed by atoms with van der Waals surface area (Å²) in [5.74, 6) is 1.99. The van der Waals surface area contributed by atoms with E-state index in [0.29, 0.717) is 0 Å². The molecule has 1 aromatic heterocycles. The lowest BCUT2D eigenvalue weighted by molar-refractivity contribution is 0.602. The highest BCUT2D eigenvalue weighted by molar-refractivity contribution is 5.28. The lowest BCUT2D eigenvalue weighted by atomic mass is 10.0. The third kappa shape index (κ3) is 2.49. The van der Waals surface area contributed by atoms with Crippen LogP contribution in [0.25, 0.3) is 0 Å². The number of hydrogen-bond acceptors (Lipinski definition) is 3. The molecule has 0 radical (unpaired) electrons. The zero-order valence-electron chi connectivity index (χ0n) is 10.6. The lowest BCUT2D eigenvalue weighted by Gasteiger charge is -2.20. The van der Waals surface area contributed by atoms with Gasteiger partial charge in [-0.1, -0.05) is 13.3 Å². The van der Waals surface area contributed by atoms with Crippen LogP contribution in [0.3, 0.4) is 0 Å². The van der Waals surface area contributed by atoms with Crippen LogP contribution in [0.2, 0.25) is 0 Å². The molecule has 3 nitrogen and oxygen atoms in total. The molecule has 0 bridgehead atoms. The quantitative estimate of drug-likeness (QED) is 0.861. The first kappa shape index (κ1) is 11.1. The summed E-state index contributed by atoms with van der Waals surface area (Å²) in [6, 6.07) is 0. The fourth-order valence-corrected chi connectivity index (χ4v) is 2.58. The minimum Gasteiger partial charge on any atom is -0.312 e. The molecular weight excluding hydrogens is 210 g/mol. The lowest BCUT2D eigenvalue weighted by Crippen LogP contribution is -2.27. The normalized spacial score (nSPS) is 19.1. The Morgan fingerprint density at radius 3 is 2.94 bits per heavy atom. The molecule has 1 aliphatic carbocycles. The van der Waals surface area contributed by atoms with Crippen LogP contribution >= 0.6 is 0 Å². The minimum atomic E-state index is 0.879. The smallest absolute Gasteiger partial charge is 0.129 e. The average Bonchev–Trinajstić information content (AvgIpc) is 3.13. The number of aromatic nitrogens is 2. The molecular formula is C14H21N3. The van der Waals surface area contributed by atoms with Gasteiger partial charge in [0.25, 0.3) is 0 Å². The summed E-state index contributed by atoms with van der Waals surface area (Å²) in [4.78, 5) is 9.59. The van der Waals surface area contributed by atoms with Crippen molar-refractivity contribution < 1.29 is 0 Å². The standard InChI is InChI=1S/C14H21N3/c1-2-3-12-11-9-15-7-6-13(11)17-14(16-12)8-10-4-5-10/h10,15H,2-9H2,1H3.